The summed E-state index contributed by atoms with van der Waals surface area (Å²) < 4.78 is 4.90. The highest BCUT2D eigenvalue weighted by Crippen LogP contribution is 2.14. The lowest BCUT2D eigenvalue weighted by Gasteiger charge is -2.07. The molecule has 0 aromatic rings. The van der Waals surface area contributed by atoms with Crippen LogP contribution >= 0.6 is 0 Å². The van der Waals surface area contributed by atoms with Crippen molar-refractivity contribution in [3.8, 4) is 0 Å². The summed E-state index contributed by atoms with van der Waals surface area (Å²) in [5.74, 6) is 0.565. The van der Waals surface area contributed by atoms with Crippen molar-refractivity contribution >= 4 is 5.97 Å². The highest BCUT2D eigenvalue weighted by atomic mass is 16.5. The van der Waals surface area contributed by atoms with Gasteiger partial charge in [0.25, 0.3) is 0 Å². The molecule has 0 radical (unpaired) electrons. The fourth-order valence-electron chi connectivity index (χ4n) is 1.89. The standard InChI is InChI=1S/C18H30O2/c1-6-20-18(19)14-17(5)12-8-7-11-16(4)13-9-10-15(2)3/h8,10,16H,6-7,9,11,13-14H2,1-5H3. The third-order valence-corrected chi connectivity index (χ3v) is 3.08. The van der Waals surface area contributed by atoms with Gasteiger partial charge >= 0.3 is 5.97 Å². The predicted molar refractivity (Wildman–Crippen MR) is 85.6 cm³/mol. The number of hydrogen-bond donors (Lipinski definition) is 0. The minimum atomic E-state index is -0.166. The number of esters is 1. The van der Waals surface area contributed by atoms with Gasteiger partial charge in [0.05, 0.1) is 13.0 Å². The molecule has 1 atom stereocenters. The minimum absolute atomic E-state index is 0.166. The van der Waals surface area contributed by atoms with Crippen LogP contribution in [-0.2, 0) is 9.53 Å². The average molecular weight is 278 g/mol. The SMILES string of the molecule is CCOC(=O)CC(C)=C=CCCC(C)CCC=C(C)C. The van der Waals surface area contributed by atoms with Crippen LogP contribution in [0.1, 0.15) is 66.7 Å². The quantitative estimate of drug-likeness (QED) is 0.329. The first kappa shape index (κ1) is 18.7. The molecule has 0 aliphatic carbocycles. The predicted octanol–water partition coefficient (Wildman–Crippen LogP) is 5.20. The summed E-state index contributed by atoms with van der Waals surface area (Å²) in [4.78, 5) is 11.3. The van der Waals surface area contributed by atoms with Crippen molar-refractivity contribution in [2.45, 2.75) is 66.7 Å². The Bertz CT molecular complexity index is 367. The highest BCUT2D eigenvalue weighted by molar-refractivity contribution is 5.72. The van der Waals surface area contributed by atoms with Crippen molar-refractivity contribution in [1.82, 2.24) is 0 Å². The fourth-order valence-corrected chi connectivity index (χ4v) is 1.89. The van der Waals surface area contributed by atoms with E-state index in [4.69, 9.17) is 4.74 Å². The molecule has 0 bridgehead atoms. The number of rotatable bonds is 9. The highest BCUT2D eigenvalue weighted by Gasteiger charge is 2.02. The minimum Gasteiger partial charge on any atom is -0.466 e. The Balaban J connectivity index is 3.93. The van der Waals surface area contributed by atoms with E-state index in [1.165, 1.54) is 24.8 Å². The van der Waals surface area contributed by atoms with Gasteiger partial charge < -0.3 is 4.74 Å². The molecule has 2 heteroatoms. The third-order valence-electron chi connectivity index (χ3n) is 3.08. The van der Waals surface area contributed by atoms with Gasteiger partial charge in [-0.05, 0) is 70.9 Å². The Morgan fingerprint density at radius 2 is 1.85 bits per heavy atom. The van der Waals surface area contributed by atoms with Crippen LogP contribution in [0.2, 0.25) is 0 Å². The number of allylic oxidation sites excluding steroid dienone is 2. The Morgan fingerprint density at radius 3 is 2.45 bits per heavy atom. The van der Waals surface area contributed by atoms with Gasteiger partial charge in [-0.1, -0.05) is 18.6 Å². The monoisotopic (exact) mass is 278 g/mol. The Labute approximate surface area is 124 Å². The van der Waals surface area contributed by atoms with Gasteiger partial charge in [-0.2, -0.15) is 0 Å². The van der Waals surface area contributed by atoms with E-state index in [1.54, 1.807) is 0 Å². The first-order valence-corrected chi connectivity index (χ1v) is 7.65. The number of carbonyl (C=O) groups is 1. The van der Waals surface area contributed by atoms with Crippen molar-refractivity contribution in [3.05, 3.63) is 29.0 Å². The van der Waals surface area contributed by atoms with Gasteiger partial charge in [0.2, 0.25) is 0 Å². The lowest BCUT2D eigenvalue weighted by atomic mass is 9.99. The molecule has 1 unspecified atom stereocenters. The van der Waals surface area contributed by atoms with Gasteiger partial charge in [-0.3, -0.25) is 4.79 Å². The van der Waals surface area contributed by atoms with Crippen LogP contribution < -0.4 is 0 Å². The van der Waals surface area contributed by atoms with Crippen LogP contribution in [0, 0.1) is 5.92 Å². The summed E-state index contributed by atoms with van der Waals surface area (Å²) in [5.41, 5.74) is 5.52. The zero-order valence-corrected chi connectivity index (χ0v) is 13.8. The maximum Gasteiger partial charge on any atom is 0.310 e. The van der Waals surface area contributed by atoms with E-state index in [1.807, 2.05) is 19.9 Å². The zero-order valence-electron chi connectivity index (χ0n) is 13.8. The van der Waals surface area contributed by atoms with Crippen molar-refractivity contribution in [1.29, 1.82) is 0 Å². The second kappa shape index (κ2) is 11.5. The van der Waals surface area contributed by atoms with E-state index in [0.29, 0.717) is 13.0 Å². The van der Waals surface area contributed by atoms with Crippen LogP contribution in [0.15, 0.2) is 29.0 Å². The van der Waals surface area contributed by atoms with Crippen LogP contribution in [0.25, 0.3) is 0 Å². The maximum absolute atomic E-state index is 11.3. The molecule has 0 saturated heterocycles. The molecule has 0 amide bonds. The van der Waals surface area contributed by atoms with E-state index in [0.717, 1.165) is 17.9 Å². The van der Waals surface area contributed by atoms with Crippen molar-refractivity contribution < 1.29 is 9.53 Å². The van der Waals surface area contributed by atoms with Crippen molar-refractivity contribution in [2.75, 3.05) is 6.61 Å². The molecule has 0 spiro atoms. The molecular weight excluding hydrogens is 248 g/mol. The maximum atomic E-state index is 11.3. The normalized spacial score (nSPS) is 11.2. The van der Waals surface area contributed by atoms with E-state index in [-0.39, 0.29) is 5.97 Å². The summed E-state index contributed by atoms with van der Waals surface area (Å²) >= 11 is 0. The summed E-state index contributed by atoms with van der Waals surface area (Å²) in [7, 11) is 0. The Hall–Kier alpha value is -1.27. The van der Waals surface area contributed by atoms with Gasteiger partial charge in [0.15, 0.2) is 0 Å². The van der Waals surface area contributed by atoms with E-state index in [2.05, 4.69) is 32.6 Å². The van der Waals surface area contributed by atoms with Gasteiger partial charge in [-0.15, -0.1) is 5.73 Å². The van der Waals surface area contributed by atoms with Gasteiger partial charge in [0, 0.05) is 0 Å². The Kier molecular flexibility index (Phi) is 10.8. The molecule has 0 aromatic carbocycles. The number of ether oxygens (including phenoxy) is 1. The molecule has 0 aromatic heterocycles. The summed E-state index contributed by atoms with van der Waals surface area (Å²) in [5, 5.41) is 0. The number of hydrogen-bond acceptors (Lipinski definition) is 2. The molecular formula is C18H30O2. The van der Waals surface area contributed by atoms with Gasteiger partial charge in [-0.25, -0.2) is 0 Å². The molecule has 0 saturated carbocycles. The lowest BCUT2D eigenvalue weighted by Crippen LogP contribution is -2.03. The molecule has 0 aliphatic heterocycles. The van der Waals surface area contributed by atoms with Crippen LogP contribution in [0.4, 0.5) is 0 Å². The van der Waals surface area contributed by atoms with E-state index in [9.17, 15) is 4.79 Å². The summed E-state index contributed by atoms with van der Waals surface area (Å²) in [6.07, 6.45) is 9.31. The van der Waals surface area contributed by atoms with Crippen molar-refractivity contribution in [2.24, 2.45) is 5.92 Å². The second-order valence-corrected chi connectivity index (χ2v) is 5.65. The fraction of sp³-hybridized carbons (Fsp3) is 0.667. The number of carbonyl (C=O) groups excluding carboxylic acids is 1. The molecule has 114 valence electrons. The van der Waals surface area contributed by atoms with Gasteiger partial charge in [0.1, 0.15) is 0 Å². The van der Waals surface area contributed by atoms with E-state index < -0.39 is 0 Å². The average Bonchev–Trinajstić information content (AvgIpc) is 2.34. The molecule has 0 N–H and O–H groups in total. The molecule has 2 nitrogen and oxygen atoms in total. The molecule has 0 rings (SSSR count). The first-order valence-electron chi connectivity index (χ1n) is 7.65. The summed E-state index contributed by atoms with van der Waals surface area (Å²) in [6, 6.07) is 0. The van der Waals surface area contributed by atoms with Crippen LogP contribution in [0.3, 0.4) is 0 Å². The topological polar surface area (TPSA) is 26.3 Å². The molecule has 20 heavy (non-hydrogen) atoms. The second-order valence-electron chi connectivity index (χ2n) is 5.65. The lowest BCUT2D eigenvalue weighted by molar-refractivity contribution is -0.142. The smallest absolute Gasteiger partial charge is 0.310 e. The molecule has 0 fully saturated rings. The summed E-state index contributed by atoms with van der Waals surface area (Å²) in [6.45, 7) is 10.8. The Morgan fingerprint density at radius 1 is 1.20 bits per heavy atom. The first-order chi connectivity index (χ1) is 9.45. The molecule has 0 heterocycles. The van der Waals surface area contributed by atoms with Crippen molar-refractivity contribution in [3.63, 3.8) is 0 Å². The van der Waals surface area contributed by atoms with Crippen LogP contribution in [-0.4, -0.2) is 12.6 Å². The third kappa shape index (κ3) is 11.8. The largest absolute Gasteiger partial charge is 0.466 e. The van der Waals surface area contributed by atoms with E-state index >= 15 is 0 Å². The van der Waals surface area contributed by atoms with Crippen LogP contribution in [0.5, 0.6) is 0 Å². The zero-order chi connectivity index (χ0) is 15.4. The molecule has 0 aliphatic rings.